The molecule has 2 bridgehead atoms. The number of hydrogen-bond acceptors (Lipinski definition) is 3. The molecule has 1 aromatic carbocycles. The molecule has 0 aromatic heterocycles. The van der Waals surface area contributed by atoms with Crippen molar-refractivity contribution in [1.29, 1.82) is 0 Å². The maximum absolute atomic E-state index is 6.09. The second-order valence-corrected chi connectivity index (χ2v) is 9.03. The first-order valence-corrected chi connectivity index (χ1v) is 8.79. The first kappa shape index (κ1) is 14.0. The molecule has 4 rings (SSSR count). The van der Waals surface area contributed by atoms with Crippen LogP contribution in [0.5, 0.6) is 0 Å². The van der Waals surface area contributed by atoms with Crippen LogP contribution in [0.25, 0.3) is 0 Å². The third kappa shape index (κ3) is 1.65. The molecule has 0 saturated heterocycles. The van der Waals surface area contributed by atoms with Crippen LogP contribution in [0.2, 0.25) is 5.02 Å². The zero-order valence-corrected chi connectivity index (χ0v) is 14.2. The van der Waals surface area contributed by atoms with Crippen LogP contribution in [0.3, 0.4) is 0 Å². The second kappa shape index (κ2) is 4.20. The highest BCUT2D eigenvalue weighted by Crippen LogP contribution is 2.74. The molecule has 112 valence electrons. The van der Waals surface area contributed by atoms with Crippen molar-refractivity contribution >= 4 is 28.4 Å². The molecule has 1 spiro atoms. The molecule has 2 nitrogen and oxygen atoms in total. The van der Waals surface area contributed by atoms with Gasteiger partial charge in [0.2, 0.25) is 0 Å². The van der Waals surface area contributed by atoms with Crippen molar-refractivity contribution in [3.05, 3.63) is 34.9 Å². The topological polar surface area (TPSA) is 21.6 Å². The summed E-state index contributed by atoms with van der Waals surface area (Å²) in [5.74, 6) is 0.745. The number of rotatable bonds is 1. The Bertz CT molecular complexity index is 626. The lowest BCUT2D eigenvalue weighted by atomic mass is 9.69. The molecule has 0 radical (unpaired) electrons. The predicted molar refractivity (Wildman–Crippen MR) is 88.6 cm³/mol. The lowest BCUT2D eigenvalue weighted by Gasteiger charge is -2.43. The molecule has 4 heteroatoms. The lowest BCUT2D eigenvalue weighted by Crippen LogP contribution is -2.44. The Kier molecular flexibility index (Phi) is 2.79. The van der Waals surface area contributed by atoms with E-state index in [0.29, 0.717) is 5.41 Å². The van der Waals surface area contributed by atoms with Gasteiger partial charge in [-0.3, -0.25) is 0 Å². The fourth-order valence-electron chi connectivity index (χ4n) is 4.49. The van der Waals surface area contributed by atoms with Crippen LogP contribution in [0, 0.1) is 16.7 Å². The fourth-order valence-corrected chi connectivity index (χ4v) is 6.21. The van der Waals surface area contributed by atoms with Crippen molar-refractivity contribution in [2.24, 2.45) is 21.9 Å². The van der Waals surface area contributed by atoms with Crippen molar-refractivity contribution < 1.29 is 4.84 Å². The smallest absolute Gasteiger partial charge is 0.194 e. The van der Waals surface area contributed by atoms with E-state index in [-0.39, 0.29) is 10.3 Å². The molecule has 21 heavy (non-hydrogen) atoms. The van der Waals surface area contributed by atoms with Crippen LogP contribution in [0.1, 0.15) is 45.6 Å². The Morgan fingerprint density at radius 3 is 2.52 bits per heavy atom. The van der Waals surface area contributed by atoms with Crippen LogP contribution in [-0.2, 0) is 4.84 Å². The Balaban J connectivity index is 1.65. The van der Waals surface area contributed by atoms with E-state index in [1.165, 1.54) is 12.8 Å². The minimum Gasteiger partial charge on any atom is -0.376 e. The molecule has 0 amide bonds. The van der Waals surface area contributed by atoms with Crippen molar-refractivity contribution in [2.45, 2.75) is 45.0 Å². The minimum absolute atomic E-state index is 0.172. The predicted octanol–water partition coefficient (Wildman–Crippen LogP) is 5.31. The largest absolute Gasteiger partial charge is 0.376 e. The molecule has 3 aliphatic rings. The van der Waals surface area contributed by atoms with Gasteiger partial charge >= 0.3 is 0 Å². The third-order valence-corrected chi connectivity index (χ3v) is 8.20. The van der Waals surface area contributed by atoms with Gasteiger partial charge in [0, 0.05) is 22.4 Å². The van der Waals surface area contributed by atoms with Gasteiger partial charge in [-0.25, -0.2) is 0 Å². The molecule has 2 fully saturated rings. The maximum atomic E-state index is 6.09. The summed E-state index contributed by atoms with van der Waals surface area (Å²) in [4.78, 5) is 5.92. The Morgan fingerprint density at radius 2 is 1.95 bits per heavy atom. The van der Waals surface area contributed by atoms with E-state index in [4.69, 9.17) is 16.4 Å². The van der Waals surface area contributed by atoms with Crippen molar-refractivity contribution in [3.63, 3.8) is 0 Å². The van der Waals surface area contributed by atoms with Crippen molar-refractivity contribution in [2.75, 3.05) is 0 Å². The summed E-state index contributed by atoms with van der Waals surface area (Å²) in [6.45, 7) is 7.21. The van der Waals surface area contributed by atoms with Gasteiger partial charge in [0.05, 0.1) is 0 Å². The summed E-state index contributed by atoms with van der Waals surface area (Å²) < 4.78 is 0. The van der Waals surface area contributed by atoms with Gasteiger partial charge in [-0.1, -0.05) is 61.4 Å². The summed E-state index contributed by atoms with van der Waals surface area (Å²) in [5, 5.41) is 6.19. The molecule has 1 aromatic rings. The second-order valence-electron chi connectivity index (χ2n) is 7.34. The van der Waals surface area contributed by atoms with E-state index in [0.717, 1.165) is 28.0 Å². The highest BCUT2D eigenvalue weighted by molar-refractivity contribution is 8.15. The van der Waals surface area contributed by atoms with E-state index >= 15 is 0 Å². The van der Waals surface area contributed by atoms with Gasteiger partial charge in [-0.05, 0) is 36.3 Å². The third-order valence-electron chi connectivity index (χ3n) is 6.42. The van der Waals surface area contributed by atoms with Crippen LogP contribution >= 0.6 is 23.4 Å². The quantitative estimate of drug-likeness (QED) is 0.699. The maximum Gasteiger partial charge on any atom is 0.194 e. The van der Waals surface area contributed by atoms with E-state index in [1.54, 1.807) is 0 Å². The Labute approximate surface area is 135 Å². The number of fused-ring (bicyclic) bond motifs is 3. The first-order chi connectivity index (χ1) is 9.88. The Morgan fingerprint density at radius 1 is 1.24 bits per heavy atom. The Hall–Kier alpha value is -0.670. The first-order valence-electron chi connectivity index (χ1n) is 7.59. The molecule has 2 aliphatic carbocycles. The number of benzene rings is 1. The molecule has 1 heterocycles. The highest BCUT2D eigenvalue weighted by Gasteiger charge is 2.72. The molecular weight excluding hydrogens is 302 g/mol. The molecule has 3 atom stereocenters. The van der Waals surface area contributed by atoms with E-state index < -0.39 is 0 Å². The number of thioether (sulfide) groups is 1. The number of halogens is 1. The number of oxime groups is 1. The standard InChI is InChI=1S/C17H20ClNOS/c1-15(2)12-8-9-16(15,3)17(10-12)20-19-14(21-17)11-4-6-13(18)7-5-11/h4-7,12H,8-10H2,1-3H3. The van der Waals surface area contributed by atoms with Gasteiger partial charge in [-0.2, -0.15) is 0 Å². The van der Waals surface area contributed by atoms with E-state index in [2.05, 4.69) is 25.9 Å². The summed E-state index contributed by atoms with van der Waals surface area (Å²) in [5.41, 5.74) is 1.61. The van der Waals surface area contributed by atoms with Gasteiger partial charge in [0.15, 0.2) is 4.93 Å². The lowest BCUT2D eigenvalue weighted by molar-refractivity contribution is -0.0659. The molecular formula is C17H20ClNOS. The van der Waals surface area contributed by atoms with Gasteiger partial charge in [0.25, 0.3) is 0 Å². The van der Waals surface area contributed by atoms with Crippen LogP contribution in [0.15, 0.2) is 29.4 Å². The zero-order valence-electron chi connectivity index (χ0n) is 12.6. The van der Waals surface area contributed by atoms with Crippen LogP contribution < -0.4 is 0 Å². The fraction of sp³-hybridized carbons (Fsp3) is 0.588. The summed E-state index contributed by atoms with van der Waals surface area (Å²) in [6, 6.07) is 7.88. The van der Waals surface area contributed by atoms with Crippen molar-refractivity contribution in [1.82, 2.24) is 0 Å². The van der Waals surface area contributed by atoms with Gasteiger partial charge in [0.1, 0.15) is 5.04 Å². The van der Waals surface area contributed by atoms with E-state index in [1.807, 2.05) is 36.0 Å². The number of hydrogen-bond donors (Lipinski definition) is 0. The van der Waals surface area contributed by atoms with Crippen molar-refractivity contribution in [3.8, 4) is 0 Å². The molecule has 3 unspecified atom stereocenters. The SMILES string of the molecule is CC1(C)C2CCC1(C)C1(C2)ON=C(c2ccc(Cl)cc2)S1. The van der Waals surface area contributed by atoms with Crippen LogP contribution in [0.4, 0.5) is 0 Å². The van der Waals surface area contributed by atoms with Crippen LogP contribution in [-0.4, -0.2) is 9.98 Å². The summed E-state index contributed by atoms with van der Waals surface area (Å²) in [7, 11) is 0. The average molecular weight is 322 g/mol. The number of nitrogens with zero attached hydrogens (tertiary/aromatic N) is 1. The summed E-state index contributed by atoms with van der Waals surface area (Å²) >= 11 is 7.80. The highest BCUT2D eigenvalue weighted by atomic mass is 35.5. The normalized spacial score (nSPS) is 39.6. The molecule has 1 aliphatic heterocycles. The average Bonchev–Trinajstić information content (AvgIpc) is 3.01. The monoisotopic (exact) mass is 321 g/mol. The minimum atomic E-state index is -0.172. The van der Waals surface area contributed by atoms with E-state index in [9.17, 15) is 0 Å². The molecule has 2 saturated carbocycles. The zero-order chi connectivity index (χ0) is 14.9. The molecule has 0 N–H and O–H groups in total. The van der Waals surface area contributed by atoms with Gasteiger partial charge < -0.3 is 4.84 Å². The van der Waals surface area contributed by atoms with Gasteiger partial charge in [-0.15, -0.1) is 0 Å². The summed E-state index contributed by atoms with van der Waals surface area (Å²) in [6.07, 6.45) is 3.67.